The normalized spacial score (nSPS) is 15.2. The van der Waals surface area contributed by atoms with Gasteiger partial charge >= 0.3 is 0 Å². The van der Waals surface area contributed by atoms with Gasteiger partial charge in [-0.1, -0.05) is 13.8 Å². The van der Waals surface area contributed by atoms with Gasteiger partial charge in [-0.15, -0.1) is 0 Å². The van der Waals surface area contributed by atoms with Gasteiger partial charge in [0.25, 0.3) is 5.91 Å². The Morgan fingerprint density at radius 1 is 1.17 bits per heavy atom. The van der Waals surface area contributed by atoms with Crippen LogP contribution in [0.15, 0.2) is 42.7 Å². The number of carbonyl (C=O) groups excluding carboxylic acids is 2. The SMILES string of the molecule is COc1ccc(C(=O)N2CCOCC2)cc1NC(=O)[C@@H](CC(C)C)n1cccc1. The Morgan fingerprint density at radius 3 is 2.48 bits per heavy atom. The lowest BCUT2D eigenvalue weighted by atomic mass is 10.0. The van der Waals surface area contributed by atoms with E-state index in [1.165, 1.54) is 0 Å². The number of ether oxygens (including phenoxy) is 2. The molecule has 7 nitrogen and oxygen atoms in total. The number of hydrogen-bond acceptors (Lipinski definition) is 4. The summed E-state index contributed by atoms with van der Waals surface area (Å²) in [4.78, 5) is 27.7. The largest absolute Gasteiger partial charge is 0.495 e. The maximum atomic E-state index is 13.1. The first-order chi connectivity index (χ1) is 14.0. The first-order valence-electron chi connectivity index (χ1n) is 9.98. The zero-order valence-corrected chi connectivity index (χ0v) is 17.3. The highest BCUT2D eigenvalue weighted by atomic mass is 16.5. The summed E-state index contributed by atoms with van der Waals surface area (Å²) in [5, 5.41) is 2.97. The van der Waals surface area contributed by atoms with Gasteiger partial charge in [-0.3, -0.25) is 9.59 Å². The van der Waals surface area contributed by atoms with E-state index in [1.54, 1.807) is 30.2 Å². The zero-order chi connectivity index (χ0) is 20.8. The third-order valence-electron chi connectivity index (χ3n) is 4.99. The molecule has 1 fully saturated rings. The Kier molecular flexibility index (Phi) is 6.93. The van der Waals surface area contributed by atoms with Crippen molar-refractivity contribution >= 4 is 17.5 Å². The summed E-state index contributed by atoms with van der Waals surface area (Å²) in [6.07, 6.45) is 4.49. The minimum Gasteiger partial charge on any atom is -0.495 e. The number of nitrogens with one attached hydrogen (secondary N) is 1. The Hall–Kier alpha value is -2.80. The van der Waals surface area contributed by atoms with Gasteiger partial charge in [0.15, 0.2) is 0 Å². The molecular formula is C22H29N3O4. The topological polar surface area (TPSA) is 72.8 Å². The van der Waals surface area contributed by atoms with Crippen LogP contribution in [0.5, 0.6) is 5.75 Å². The second-order valence-corrected chi connectivity index (χ2v) is 7.58. The predicted octanol–water partition coefficient (Wildman–Crippen LogP) is 3.20. The van der Waals surface area contributed by atoms with Gasteiger partial charge in [0, 0.05) is 31.0 Å². The minimum atomic E-state index is -0.340. The van der Waals surface area contributed by atoms with Crippen molar-refractivity contribution in [2.45, 2.75) is 26.3 Å². The van der Waals surface area contributed by atoms with E-state index >= 15 is 0 Å². The van der Waals surface area contributed by atoms with Crippen LogP contribution in [0.4, 0.5) is 5.69 Å². The van der Waals surface area contributed by atoms with E-state index in [0.717, 1.165) is 0 Å². The Labute approximate surface area is 171 Å². The molecule has 1 saturated heterocycles. The molecule has 0 radical (unpaired) electrons. The van der Waals surface area contributed by atoms with Crippen LogP contribution in [0.25, 0.3) is 0 Å². The number of hydrogen-bond donors (Lipinski definition) is 1. The van der Waals surface area contributed by atoms with Gasteiger partial charge in [-0.25, -0.2) is 0 Å². The van der Waals surface area contributed by atoms with Crippen molar-refractivity contribution in [3.05, 3.63) is 48.3 Å². The molecule has 7 heteroatoms. The monoisotopic (exact) mass is 399 g/mol. The molecule has 1 N–H and O–H groups in total. The number of aromatic nitrogens is 1. The maximum Gasteiger partial charge on any atom is 0.254 e. The van der Waals surface area contributed by atoms with Crippen molar-refractivity contribution in [1.29, 1.82) is 0 Å². The Balaban J connectivity index is 1.82. The molecular weight excluding hydrogens is 370 g/mol. The van der Waals surface area contributed by atoms with Crippen LogP contribution >= 0.6 is 0 Å². The summed E-state index contributed by atoms with van der Waals surface area (Å²) < 4.78 is 12.6. The zero-order valence-electron chi connectivity index (χ0n) is 17.3. The van der Waals surface area contributed by atoms with Crippen LogP contribution in [-0.4, -0.2) is 54.7 Å². The van der Waals surface area contributed by atoms with Crippen molar-refractivity contribution in [1.82, 2.24) is 9.47 Å². The lowest BCUT2D eigenvalue weighted by molar-refractivity contribution is -0.119. The molecule has 0 unspecified atom stereocenters. The van der Waals surface area contributed by atoms with Gasteiger partial charge in [-0.2, -0.15) is 0 Å². The highest BCUT2D eigenvalue weighted by molar-refractivity contribution is 5.99. The molecule has 156 valence electrons. The van der Waals surface area contributed by atoms with Crippen molar-refractivity contribution < 1.29 is 19.1 Å². The number of rotatable bonds is 7. The lowest BCUT2D eigenvalue weighted by Gasteiger charge is -2.27. The molecule has 3 rings (SSSR count). The van der Waals surface area contributed by atoms with Crippen molar-refractivity contribution in [3.8, 4) is 5.75 Å². The fraction of sp³-hybridized carbons (Fsp3) is 0.455. The summed E-state index contributed by atoms with van der Waals surface area (Å²) in [6, 6.07) is 8.61. The molecule has 0 bridgehead atoms. The number of nitrogens with zero attached hydrogens (tertiary/aromatic N) is 2. The molecule has 0 aliphatic carbocycles. The van der Waals surface area contributed by atoms with Gasteiger partial charge in [0.05, 0.1) is 26.0 Å². The third kappa shape index (κ3) is 5.17. The van der Waals surface area contributed by atoms with Crippen LogP contribution in [0, 0.1) is 5.92 Å². The summed E-state index contributed by atoms with van der Waals surface area (Å²) >= 11 is 0. The fourth-order valence-electron chi connectivity index (χ4n) is 3.47. The molecule has 0 spiro atoms. The van der Waals surface area contributed by atoms with Gasteiger partial charge in [0.2, 0.25) is 5.91 Å². The molecule has 2 amide bonds. The second-order valence-electron chi connectivity index (χ2n) is 7.58. The number of carbonyl (C=O) groups is 2. The first kappa shape index (κ1) is 20.9. The smallest absolute Gasteiger partial charge is 0.254 e. The fourth-order valence-corrected chi connectivity index (χ4v) is 3.47. The highest BCUT2D eigenvalue weighted by Crippen LogP contribution is 2.28. The summed E-state index contributed by atoms with van der Waals surface area (Å²) in [5.41, 5.74) is 1.02. The van der Waals surface area contributed by atoms with Crippen LogP contribution in [-0.2, 0) is 9.53 Å². The molecule has 1 atom stereocenters. The van der Waals surface area contributed by atoms with Gasteiger partial charge in [-0.05, 0) is 42.7 Å². The van der Waals surface area contributed by atoms with Crippen LogP contribution in [0.2, 0.25) is 0 Å². The van der Waals surface area contributed by atoms with Crippen molar-refractivity contribution in [2.24, 2.45) is 5.92 Å². The van der Waals surface area contributed by atoms with E-state index in [-0.39, 0.29) is 17.9 Å². The average Bonchev–Trinajstić information content (AvgIpc) is 3.26. The quantitative estimate of drug-likeness (QED) is 0.776. The molecule has 0 saturated carbocycles. The minimum absolute atomic E-state index is 0.0735. The summed E-state index contributed by atoms with van der Waals surface area (Å²) in [6.45, 7) is 6.39. The number of morpholine rings is 1. The van der Waals surface area contributed by atoms with E-state index in [4.69, 9.17) is 9.47 Å². The van der Waals surface area contributed by atoms with Gasteiger partial charge in [0.1, 0.15) is 11.8 Å². The summed E-state index contributed by atoms with van der Waals surface area (Å²) in [5.74, 6) is 0.664. The van der Waals surface area contributed by atoms with E-state index in [2.05, 4.69) is 19.2 Å². The number of methoxy groups -OCH3 is 1. The van der Waals surface area contributed by atoms with Crippen LogP contribution in [0.1, 0.15) is 36.7 Å². The molecule has 2 heterocycles. The Bertz CT molecular complexity index is 827. The molecule has 1 aromatic heterocycles. The number of benzene rings is 1. The van der Waals surface area contributed by atoms with Crippen molar-refractivity contribution in [2.75, 3.05) is 38.7 Å². The number of amides is 2. The molecule has 1 aliphatic rings. The van der Waals surface area contributed by atoms with Crippen LogP contribution < -0.4 is 10.1 Å². The lowest BCUT2D eigenvalue weighted by Crippen LogP contribution is -2.40. The Morgan fingerprint density at radius 2 is 1.86 bits per heavy atom. The van der Waals surface area contributed by atoms with Crippen LogP contribution in [0.3, 0.4) is 0 Å². The van der Waals surface area contributed by atoms with Gasteiger partial charge < -0.3 is 24.3 Å². The van der Waals surface area contributed by atoms with E-state index in [9.17, 15) is 9.59 Å². The average molecular weight is 399 g/mol. The summed E-state index contributed by atoms with van der Waals surface area (Å²) in [7, 11) is 1.55. The standard InChI is InChI=1S/C22H29N3O4/c1-16(2)14-19(24-8-4-5-9-24)21(26)23-18-15-17(6-7-20(18)28-3)22(27)25-10-12-29-13-11-25/h4-9,15-16,19H,10-14H2,1-3H3,(H,23,26)/t19-/m1/s1. The molecule has 2 aromatic rings. The first-order valence-corrected chi connectivity index (χ1v) is 9.98. The van der Waals surface area contributed by atoms with E-state index in [1.807, 2.05) is 29.1 Å². The number of anilines is 1. The maximum absolute atomic E-state index is 13.1. The third-order valence-corrected chi connectivity index (χ3v) is 4.99. The highest BCUT2D eigenvalue weighted by Gasteiger charge is 2.24. The van der Waals surface area contributed by atoms with Crippen molar-refractivity contribution in [3.63, 3.8) is 0 Å². The van der Waals surface area contributed by atoms with E-state index in [0.29, 0.717) is 55.6 Å². The molecule has 1 aliphatic heterocycles. The van der Waals surface area contributed by atoms with E-state index < -0.39 is 0 Å². The second kappa shape index (κ2) is 9.60. The predicted molar refractivity (Wildman–Crippen MR) is 111 cm³/mol. The molecule has 1 aromatic carbocycles. The molecule has 29 heavy (non-hydrogen) atoms.